The van der Waals surface area contributed by atoms with Crippen molar-refractivity contribution in [2.24, 2.45) is 5.73 Å². The van der Waals surface area contributed by atoms with Gasteiger partial charge in [-0.05, 0) is 18.2 Å². The van der Waals surface area contributed by atoms with E-state index in [1.54, 1.807) is 0 Å². The van der Waals surface area contributed by atoms with Crippen LogP contribution in [0.2, 0.25) is 0 Å². The lowest BCUT2D eigenvalue weighted by molar-refractivity contribution is -0.140. The lowest BCUT2D eigenvalue weighted by atomic mass is 10.1. The van der Waals surface area contributed by atoms with Crippen LogP contribution in [0.4, 0.5) is 13.2 Å². The molecule has 0 aliphatic heterocycles. The molecule has 12 nitrogen and oxygen atoms in total. The third-order valence-corrected chi connectivity index (χ3v) is 7.16. The van der Waals surface area contributed by atoms with Gasteiger partial charge in [0.25, 0.3) is 0 Å². The normalized spacial score (nSPS) is 13.2. The molecule has 3 atom stereocenters. The number of nitrogens with one attached hydrogen (secondary N) is 3. The summed E-state index contributed by atoms with van der Waals surface area (Å²) in [5.41, 5.74) is 3.44. The maximum Gasteiger partial charge on any atom is 0.416 e. The van der Waals surface area contributed by atoms with Crippen molar-refractivity contribution in [2.75, 3.05) is 17.3 Å². The molecule has 0 radical (unpaired) electrons. The Bertz CT molecular complexity index is 1200. The molecule has 0 saturated heterocycles. The topological polar surface area (TPSA) is 191 Å². The van der Waals surface area contributed by atoms with E-state index in [2.05, 4.69) is 28.6 Å². The summed E-state index contributed by atoms with van der Waals surface area (Å²) in [6.45, 7) is 3.32. The molecule has 0 bridgehead atoms. The Kier molecular flexibility index (Phi) is 14.2. The molecule has 226 valence electrons. The fourth-order valence-electron chi connectivity index (χ4n) is 2.91. The van der Waals surface area contributed by atoms with Crippen LogP contribution in [-0.4, -0.2) is 75.2 Å². The van der Waals surface area contributed by atoms with Crippen LogP contribution in [0.1, 0.15) is 36.7 Å². The minimum Gasteiger partial charge on any atom is -0.424 e. The molecule has 0 spiro atoms. The van der Waals surface area contributed by atoms with Crippen LogP contribution >= 0.6 is 36.2 Å². The quantitative estimate of drug-likeness (QED) is 0.116. The largest absolute Gasteiger partial charge is 0.424 e. The molecule has 0 aliphatic carbocycles. The van der Waals surface area contributed by atoms with Gasteiger partial charge in [0.15, 0.2) is 0 Å². The lowest BCUT2D eigenvalue weighted by Crippen LogP contribution is -2.45. The first kappa shape index (κ1) is 35.8. The fraction of sp³-hybridized carbons (Fsp3) is 0.435. The molecular weight excluding hydrogens is 613 g/mol. The number of carbonyl (C=O) groups is 7. The van der Waals surface area contributed by atoms with Crippen LogP contribution < -0.4 is 26.4 Å². The summed E-state index contributed by atoms with van der Waals surface area (Å²) in [5, 5.41) is 5.25. The molecule has 1 rings (SSSR count). The molecule has 0 aliphatic rings. The first-order valence-corrected chi connectivity index (χ1v) is 14.0. The Morgan fingerprint density at radius 3 is 1.88 bits per heavy atom. The highest BCUT2D eigenvalue weighted by Gasteiger charge is 2.34. The van der Waals surface area contributed by atoms with Crippen molar-refractivity contribution in [1.82, 2.24) is 16.0 Å². The first-order chi connectivity index (χ1) is 19.0. The maximum atomic E-state index is 13.4. The number of amides is 4. The van der Waals surface area contributed by atoms with Crippen molar-refractivity contribution in [3.05, 3.63) is 29.3 Å². The molecule has 0 saturated carbocycles. The molecule has 1 aromatic rings. The summed E-state index contributed by atoms with van der Waals surface area (Å²) in [6, 6.07) is -2.12. The third-order valence-electron chi connectivity index (χ3n) is 4.74. The molecule has 5 N–H and O–H groups in total. The van der Waals surface area contributed by atoms with E-state index < -0.39 is 86.8 Å². The van der Waals surface area contributed by atoms with Crippen LogP contribution in [0.25, 0.3) is 0 Å². The Morgan fingerprint density at radius 1 is 0.878 bits per heavy atom. The number of halogens is 3. The van der Waals surface area contributed by atoms with Crippen LogP contribution in [0.15, 0.2) is 18.2 Å². The molecule has 18 heteroatoms. The third kappa shape index (κ3) is 12.4. The number of rotatable bonds is 13. The predicted octanol–water partition coefficient (Wildman–Crippen LogP) is 0.673. The van der Waals surface area contributed by atoms with Gasteiger partial charge < -0.3 is 26.4 Å². The molecule has 4 amide bonds. The summed E-state index contributed by atoms with van der Waals surface area (Å²) in [7, 11) is 0. The first-order valence-electron chi connectivity index (χ1n) is 11.4. The van der Waals surface area contributed by atoms with Crippen LogP contribution in [0, 0.1) is 0 Å². The van der Waals surface area contributed by atoms with Crippen LogP contribution in [0.5, 0.6) is 5.75 Å². The summed E-state index contributed by atoms with van der Waals surface area (Å²) in [6.07, 6.45) is -4.89. The Hall–Kier alpha value is -3.25. The van der Waals surface area contributed by atoms with Gasteiger partial charge in [-0.3, -0.25) is 28.8 Å². The summed E-state index contributed by atoms with van der Waals surface area (Å²) < 4.78 is 45.3. The number of ether oxygens (including phenoxy) is 1. The number of thiol groups is 1. The summed E-state index contributed by atoms with van der Waals surface area (Å²) in [5.74, 6) is -5.84. The van der Waals surface area contributed by atoms with E-state index in [9.17, 15) is 46.7 Å². The van der Waals surface area contributed by atoms with Gasteiger partial charge in [-0.2, -0.15) is 25.8 Å². The van der Waals surface area contributed by atoms with E-state index in [4.69, 9.17) is 10.5 Å². The predicted molar refractivity (Wildman–Crippen MR) is 147 cm³/mol. The van der Waals surface area contributed by atoms with Gasteiger partial charge in [0.2, 0.25) is 33.9 Å². The highest BCUT2D eigenvalue weighted by molar-refractivity contribution is 8.14. The van der Waals surface area contributed by atoms with E-state index >= 15 is 0 Å². The Balaban J connectivity index is 3.26. The van der Waals surface area contributed by atoms with Gasteiger partial charge in [-0.25, -0.2) is 4.79 Å². The van der Waals surface area contributed by atoms with Crippen molar-refractivity contribution in [1.29, 1.82) is 0 Å². The number of thioether (sulfide) groups is 2. The second-order valence-corrected chi connectivity index (χ2v) is 10.6. The molecular formula is C23H27F3N4O8S3. The SMILES string of the molecule is CC(=O)NC(CSC(=O)c1ccc(C(F)(F)F)cc1OC(=O)C(CSC(=O)C(CS)NC(C)=O)NC(C)=O)C(N)=O. The highest BCUT2D eigenvalue weighted by atomic mass is 32.2. The molecule has 0 aromatic heterocycles. The standard InChI is InChI=1S/C23H27F3N4O8S3/c1-10(31)28-15(7-39)22(37)41-9-17(30-12(3)33)20(35)38-18-6-13(23(24,25)26)4-5-14(18)21(36)40-8-16(19(27)34)29-11(2)32/h4-6,15-17,39H,7-9H2,1-3H3,(H2,27,34)(H,28,31)(H,29,32)(H,30,33). The summed E-state index contributed by atoms with van der Waals surface area (Å²) >= 11 is 4.92. The van der Waals surface area contributed by atoms with Crippen LogP contribution in [-0.2, 0) is 34.9 Å². The zero-order valence-electron chi connectivity index (χ0n) is 21.8. The van der Waals surface area contributed by atoms with E-state index in [1.165, 1.54) is 6.92 Å². The number of alkyl halides is 3. The Labute approximate surface area is 246 Å². The van der Waals surface area contributed by atoms with Gasteiger partial charge >= 0.3 is 12.1 Å². The van der Waals surface area contributed by atoms with Gasteiger partial charge in [-0.15, -0.1) is 0 Å². The van der Waals surface area contributed by atoms with E-state index in [1.807, 2.05) is 0 Å². The van der Waals surface area contributed by atoms with Crippen molar-refractivity contribution in [2.45, 2.75) is 45.1 Å². The van der Waals surface area contributed by atoms with E-state index in [0.29, 0.717) is 35.7 Å². The monoisotopic (exact) mass is 640 g/mol. The minimum atomic E-state index is -4.89. The van der Waals surface area contributed by atoms with E-state index in [0.717, 1.165) is 19.9 Å². The molecule has 0 heterocycles. The van der Waals surface area contributed by atoms with Gasteiger partial charge in [0, 0.05) is 38.0 Å². The van der Waals surface area contributed by atoms with Crippen molar-refractivity contribution in [3.63, 3.8) is 0 Å². The number of benzene rings is 1. The maximum absolute atomic E-state index is 13.4. The second-order valence-electron chi connectivity index (χ2n) is 8.20. The van der Waals surface area contributed by atoms with Crippen molar-refractivity contribution >= 4 is 76.0 Å². The fourth-order valence-corrected chi connectivity index (χ4v) is 5.08. The van der Waals surface area contributed by atoms with Crippen molar-refractivity contribution in [3.8, 4) is 5.75 Å². The highest BCUT2D eigenvalue weighted by Crippen LogP contribution is 2.34. The second kappa shape index (κ2) is 16.3. The average Bonchev–Trinajstić information content (AvgIpc) is 2.85. The smallest absolute Gasteiger partial charge is 0.416 e. The number of hydrogen-bond donors (Lipinski definition) is 5. The van der Waals surface area contributed by atoms with E-state index in [-0.39, 0.29) is 11.5 Å². The number of esters is 1. The Morgan fingerprint density at radius 2 is 1.39 bits per heavy atom. The number of hydrogen-bond acceptors (Lipinski definition) is 11. The van der Waals surface area contributed by atoms with Crippen molar-refractivity contribution < 1.29 is 51.5 Å². The van der Waals surface area contributed by atoms with Gasteiger partial charge in [0.05, 0.1) is 11.1 Å². The summed E-state index contributed by atoms with van der Waals surface area (Å²) in [4.78, 5) is 84.0. The molecule has 41 heavy (non-hydrogen) atoms. The molecule has 1 aromatic carbocycles. The number of primary amides is 1. The number of nitrogens with two attached hydrogens (primary N) is 1. The molecule has 3 unspecified atom stereocenters. The van der Waals surface area contributed by atoms with Crippen LogP contribution in [0.3, 0.4) is 0 Å². The number of carbonyl (C=O) groups excluding carboxylic acids is 7. The minimum absolute atomic E-state index is 0.0768. The lowest BCUT2D eigenvalue weighted by Gasteiger charge is -2.19. The van der Waals surface area contributed by atoms with Gasteiger partial charge in [0.1, 0.15) is 23.9 Å². The molecule has 0 fully saturated rings. The zero-order valence-corrected chi connectivity index (χ0v) is 24.4. The van der Waals surface area contributed by atoms with Gasteiger partial charge in [-0.1, -0.05) is 23.5 Å². The zero-order chi connectivity index (χ0) is 31.5. The average molecular weight is 641 g/mol.